The SMILES string of the molecule is O=C(CCn1ccc2ccccc21)NCCc1cccc(Cl)c1. The highest BCUT2D eigenvalue weighted by Gasteiger charge is 2.04. The molecule has 0 aliphatic carbocycles. The average molecular weight is 327 g/mol. The van der Waals surface area contributed by atoms with Crippen LogP contribution >= 0.6 is 11.6 Å². The van der Waals surface area contributed by atoms with Gasteiger partial charge in [-0.15, -0.1) is 0 Å². The topological polar surface area (TPSA) is 34.0 Å². The number of halogens is 1. The summed E-state index contributed by atoms with van der Waals surface area (Å²) >= 11 is 5.95. The van der Waals surface area contributed by atoms with Crippen LogP contribution in [0.4, 0.5) is 0 Å². The van der Waals surface area contributed by atoms with Gasteiger partial charge in [-0.3, -0.25) is 4.79 Å². The van der Waals surface area contributed by atoms with E-state index in [1.165, 1.54) is 10.9 Å². The molecular weight excluding hydrogens is 308 g/mol. The van der Waals surface area contributed by atoms with Gasteiger partial charge in [0.25, 0.3) is 0 Å². The van der Waals surface area contributed by atoms with E-state index in [1.807, 2.05) is 42.6 Å². The van der Waals surface area contributed by atoms with Gasteiger partial charge in [0.1, 0.15) is 0 Å². The molecule has 0 unspecified atom stereocenters. The van der Waals surface area contributed by atoms with Gasteiger partial charge >= 0.3 is 0 Å². The summed E-state index contributed by atoms with van der Waals surface area (Å²) in [5.41, 5.74) is 2.30. The Morgan fingerprint density at radius 1 is 1.09 bits per heavy atom. The quantitative estimate of drug-likeness (QED) is 0.728. The maximum Gasteiger partial charge on any atom is 0.221 e. The Morgan fingerprint density at radius 3 is 2.83 bits per heavy atom. The van der Waals surface area contributed by atoms with E-state index in [0.29, 0.717) is 19.5 Å². The number of aryl methyl sites for hydroxylation is 1. The van der Waals surface area contributed by atoms with E-state index in [-0.39, 0.29) is 5.91 Å². The van der Waals surface area contributed by atoms with Crippen molar-refractivity contribution in [3.63, 3.8) is 0 Å². The summed E-state index contributed by atoms with van der Waals surface area (Å²) in [5, 5.41) is 4.90. The maximum atomic E-state index is 12.0. The molecule has 0 saturated heterocycles. The van der Waals surface area contributed by atoms with Crippen LogP contribution in [0.15, 0.2) is 60.8 Å². The molecule has 1 aromatic heterocycles. The first-order valence-corrected chi connectivity index (χ1v) is 8.15. The van der Waals surface area contributed by atoms with E-state index in [1.54, 1.807) is 0 Å². The van der Waals surface area contributed by atoms with Crippen LogP contribution < -0.4 is 5.32 Å². The molecule has 0 aliphatic heterocycles. The molecule has 1 N–H and O–H groups in total. The summed E-state index contributed by atoms with van der Waals surface area (Å²) in [6.45, 7) is 1.32. The fourth-order valence-electron chi connectivity index (χ4n) is 2.68. The van der Waals surface area contributed by atoms with Crippen LogP contribution in [-0.4, -0.2) is 17.0 Å². The first-order valence-electron chi connectivity index (χ1n) is 7.77. The van der Waals surface area contributed by atoms with Crippen molar-refractivity contribution in [3.05, 3.63) is 71.4 Å². The van der Waals surface area contributed by atoms with Crippen molar-refractivity contribution in [1.82, 2.24) is 9.88 Å². The number of nitrogens with zero attached hydrogens (tertiary/aromatic N) is 1. The van der Waals surface area contributed by atoms with E-state index in [4.69, 9.17) is 11.6 Å². The second-order valence-corrected chi connectivity index (χ2v) is 5.98. The molecular formula is C19H19ClN2O. The molecule has 2 aromatic carbocycles. The minimum atomic E-state index is 0.0739. The zero-order chi connectivity index (χ0) is 16.1. The van der Waals surface area contributed by atoms with Gasteiger partial charge in [-0.25, -0.2) is 0 Å². The Balaban J connectivity index is 1.46. The van der Waals surface area contributed by atoms with Gasteiger partial charge in [-0.05, 0) is 41.6 Å². The number of amides is 1. The minimum absolute atomic E-state index is 0.0739. The van der Waals surface area contributed by atoms with Gasteiger partial charge in [-0.2, -0.15) is 0 Å². The summed E-state index contributed by atoms with van der Waals surface area (Å²) in [6.07, 6.45) is 3.30. The smallest absolute Gasteiger partial charge is 0.221 e. The lowest BCUT2D eigenvalue weighted by Crippen LogP contribution is -2.26. The summed E-state index contributed by atoms with van der Waals surface area (Å²) in [7, 11) is 0. The second-order valence-electron chi connectivity index (χ2n) is 5.55. The Kier molecular flexibility index (Phi) is 4.99. The molecule has 0 bridgehead atoms. The third-order valence-corrected chi connectivity index (χ3v) is 4.12. The lowest BCUT2D eigenvalue weighted by atomic mass is 10.1. The van der Waals surface area contributed by atoms with E-state index in [2.05, 4.69) is 28.1 Å². The maximum absolute atomic E-state index is 12.0. The van der Waals surface area contributed by atoms with Crippen molar-refractivity contribution in [2.24, 2.45) is 0 Å². The van der Waals surface area contributed by atoms with E-state index in [0.717, 1.165) is 17.0 Å². The van der Waals surface area contributed by atoms with Crippen LogP contribution in [-0.2, 0) is 17.8 Å². The molecule has 0 saturated carbocycles. The number of fused-ring (bicyclic) bond motifs is 1. The standard InChI is InChI=1S/C19H19ClN2O/c20-17-6-3-4-15(14-17)8-11-21-19(23)10-13-22-12-9-16-5-1-2-7-18(16)22/h1-7,9,12,14H,8,10-11,13H2,(H,21,23). The highest BCUT2D eigenvalue weighted by molar-refractivity contribution is 6.30. The van der Waals surface area contributed by atoms with Crippen LogP contribution in [0.25, 0.3) is 10.9 Å². The van der Waals surface area contributed by atoms with Crippen molar-refractivity contribution >= 4 is 28.4 Å². The number of carbonyl (C=O) groups excluding carboxylic acids is 1. The highest BCUT2D eigenvalue weighted by Crippen LogP contribution is 2.15. The highest BCUT2D eigenvalue weighted by atomic mass is 35.5. The number of rotatable bonds is 6. The summed E-state index contributed by atoms with van der Waals surface area (Å²) in [5.74, 6) is 0.0739. The third-order valence-electron chi connectivity index (χ3n) is 3.88. The second kappa shape index (κ2) is 7.34. The summed E-state index contributed by atoms with van der Waals surface area (Å²) < 4.78 is 2.12. The molecule has 0 atom stereocenters. The van der Waals surface area contributed by atoms with E-state index in [9.17, 15) is 4.79 Å². The fourth-order valence-corrected chi connectivity index (χ4v) is 2.90. The van der Waals surface area contributed by atoms with Crippen LogP contribution in [0, 0.1) is 0 Å². The number of hydrogen-bond acceptors (Lipinski definition) is 1. The van der Waals surface area contributed by atoms with Gasteiger partial charge < -0.3 is 9.88 Å². The molecule has 1 amide bonds. The van der Waals surface area contributed by atoms with Gasteiger partial charge in [0.15, 0.2) is 0 Å². The number of benzene rings is 2. The molecule has 0 fully saturated rings. The summed E-state index contributed by atoms with van der Waals surface area (Å²) in [4.78, 5) is 12.0. The first kappa shape index (κ1) is 15.6. The molecule has 4 heteroatoms. The average Bonchev–Trinajstić information content (AvgIpc) is 2.96. The van der Waals surface area contributed by atoms with Gasteiger partial charge in [0.05, 0.1) is 0 Å². The number of carbonyl (C=O) groups is 1. The van der Waals surface area contributed by atoms with Crippen LogP contribution in [0.5, 0.6) is 0 Å². The lowest BCUT2D eigenvalue weighted by molar-refractivity contribution is -0.121. The number of nitrogens with one attached hydrogen (secondary N) is 1. The molecule has 1 heterocycles. The van der Waals surface area contributed by atoms with E-state index < -0.39 is 0 Å². The van der Waals surface area contributed by atoms with Gasteiger partial charge in [0.2, 0.25) is 5.91 Å². The molecule has 3 aromatic rings. The molecule has 3 nitrogen and oxygen atoms in total. The van der Waals surface area contributed by atoms with Crippen molar-refractivity contribution in [2.75, 3.05) is 6.54 Å². The zero-order valence-electron chi connectivity index (χ0n) is 12.8. The Morgan fingerprint density at radius 2 is 1.96 bits per heavy atom. The van der Waals surface area contributed by atoms with Gasteiger partial charge in [-0.1, -0.05) is 41.9 Å². The predicted octanol–water partition coefficient (Wildman–Crippen LogP) is 4.04. The molecule has 0 spiro atoms. The normalized spacial score (nSPS) is 10.8. The predicted molar refractivity (Wildman–Crippen MR) is 94.7 cm³/mol. The molecule has 23 heavy (non-hydrogen) atoms. The molecule has 0 radical (unpaired) electrons. The fraction of sp³-hybridized carbons (Fsp3) is 0.211. The van der Waals surface area contributed by atoms with Crippen LogP contribution in [0.2, 0.25) is 5.02 Å². The van der Waals surface area contributed by atoms with Crippen molar-refractivity contribution in [3.8, 4) is 0 Å². The first-order chi connectivity index (χ1) is 11.2. The molecule has 0 aliphatic rings. The Labute approximate surface area is 140 Å². The molecule has 3 rings (SSSR count). The van der Waals surface area contributed by atoms with Gasteiger partial charge in [0, 0.05) is 36.2 Å². The third kappa shape index (κ3) is 4.14. The summed E-state index contributed by atoms with van der Waals surface area (Å²) in [6, 6.07) is 18.0. The number of aromatic nitrogens is 1. The van der Waals surface area contributed by atoms with Crippen molar-refractivity contribution in [2.45, 2.75) is 19.4 Å². The lowest BCUT2D eigenvalue weighted by Gasteiger charge is -2.07. The van der Waals surface area contributed by atoms with Crippen LogP contribution in [0.1, 0.15) is 12.0 Å². The minimum Gasteiger partial charge on any atom is -0.356 e. The zero-order valence-corrected chi connectivity index (χ0v) is 13.6. The largest absolute Gasteiger partial charge is 0.356 e. The number of para-hydroxylation sites is 1. The monoisotopic (exact) mass is 326 g/mol. The Bertz CT molecular complexity index is 810. The molecule has 118 valence electrons. The van der Waals surface area contributed by atoms with Crippen molar-refractivity contribution < 1.29 is 4.79 Å². The Hall–Kier alpha value is -2.26. The van der Waals surface area contributed by atoms with E-state index >= 15 is 0 Å². The van der Waals surface area contributed by atoms with Crippen molar-refractivity contribution in [1.29, 1.82) is 0 Å². The number of hydrogen-bond donors (Lipinski definition) is 1. The van der Waals surface area contributed by atoms with Crippen LogP contribution in [0.3, 0.4) is 0 Å².